The molecule has 0 saturated heterocycles. The summed E-state index contributed by atoms with van der Waals surface area (Å²) < 4.78 is 0. The van der Waals surface area contributed by atoms with Crippen LogP contribution in [0.4, 0.5) is 5.82 Å². The van der Waals surface area contributed by atoms with Gasteiger partial charge in [0.1, 0.15) is 5.82 Å². The summed E-state index contributed by atoms with van der Waals surface area (Å²) in [6, 6.07) is 7.64. The fraction of sp³-hybridized carbons (Fsp3) is 0.286. The molecule has 19 heavy (non-hydrogen) atoms. The summed E-state index contributed by atoms with van der Waals surface area (Å²) in [6.07, 6.45) is 0. The molecule has 5 heteroatoms. The first-order valence-corrected chi connectivity index (χ1v) is 6.51. The van der Waals surface area contributed by atoms with E-state index in [4.69, 9.17) is 17.4 Å². The van der Waals surface area contributed by atoms with E-state index >= 15 is 0 Å². The molecule has 1 heterocycles. The van der Waals surface area contributed by atoms with Crippen LogP contribution in [-0.2, 0) is 0 Å². The molecule has 2 aromatic rings. The maximum absolute atomic E-state index is 6.14. The van der Waals surface area contributed by atoms with Crippen molar-refractivity contribution in [1.82, 2.24) is 9.97 Å². The minimum Gasteiger partial charge on any atom is -0.308 e. The Morgan fingerprint density at radius 2 is 1.95 bits per heavy atom. The van der Waals surface area contributed by atoms with Gasteiger partial charge in [-0.2, -0.15) is 0 Å². The number of hydrogen-bond acceptors (Lipinski definition) is 4. The normalized spacial score (nSPS) is 10.8. The first kappa shape index (κ1) is 13.8. The molecule has 0 radical (unpaired) electrons. The van der Waals surface area contributed by atoms with Gasteiger partial charge < -0.3 is 5.43 Å². The lowest BCUT2D eigenvalue weighted by atomic mass is 10.1. The van der Waals surface area contributed by atoms with Gasteiger partial charge in [-0.3, -0.25) is 0 Å². The van der Waals surface area contributed by atoms with Crippen LogP contribution >= 0.6 is 11.6 Å². The van der Waals surface area contributed by atoms with Crippen molar-refractivity contribution in [1.29, 1.82) is 0 Å². The van der Waals surface area contributed by atoms with Gasteiger partial charge in [-0.25, -0.2) is 15.8 Å². The Morgan fingerprint density at radius 3 is 2.53 bits per heavy atom. The maximum atomic E-state index is 6.14. The summed E-state index contributed by atoms with van der Waals surface area (Å²) >= 11 is 6.14. The molecule has 3 N–H and O–H groups in total. The lowest BCUT2D eigenvalue weighted by Gasteiger charge is -2.10. The van der Waals surface area contributed by atoms with Gasteiger partial charge in [0.05, 0.1) is 0 Å². The van der Waals surface area contributed by atoms with Crippen LogP contribution in [0.2, 0.25) is 5.02 Å². The number of hydrogen-bond donors (Lipinski definition) is 2. The van der Waals surface area contributed by atoms with Crippen LogP contribution in [0.3, 0.4) is 0 Å². The number of nitrogens with one attached hydrogen (secondary N) is 1. The van der Waals surface area contributed by atoms with E-state index in [1.165, 1.54) is 0 Å². The zero-order chi connectivity index (χ0) is 14.0. The average Bonchev–Trinajstić information content (AvgIpc) is 2.41. The molecule has 1 aromatic heterocycles. The van der Waals surface area contributed by atoms with Crippen molar-refractivity contribution >= 4 is 17.4 Å². The Labute approximate surface area is 118 Å². The highest BCUT2D eigenvalue weighted by Gasteiger charge is 2.10. The maximum Gasteiger partial charge on any atom is 0.161 e. The van der Waals surface area contributed by atoms with Gasteiger partial charge in [0.15, 0.2) is 5.82 Å². The van der Waals surface area contributed by atoms with Gasteiger partial charge in [0.2, 0.25) is 0 Å². The van der Waals surface area contributed by atoms with Gasteiger partial charge >= 0.3 is 0 Å². The highest BCUT2D eigenvalue weighted by atomic mass is 35.5. The molecule has 0 aliphatic rings. The lowest BCUT2D eigenvalue weighted by molar-refractivity contribution is 0.817. The average molecular weight is 277 g/mol. The fourth-order valence-electron chi connectivity index (χ4n) is 1.70. The summed E-state index contributed by atoms with van der Waals surface area (Å²) in [5, 5.41) is 0.707. The number of nitrogen functional groups attached to an aromatic ring is 1. The van der Waals surface area contributed by atoms with Gasteiger partial charge in [-0.1, -0.05) is 37.6 Å². The number of anilines is 1. The van der Waals surface area contributed by atoms with Crippen LogP contribution in [0.1, 0.15) is 31.0 Å². The van der Waals surface area contributed by atoms with Crippen LogP contribution in [0.15, 0.2) is 24.3 Å². The van der Waals surface area contributed by atoms with Crippen LogP contribution in [-0.4, -0.2) is 9.97 Å². The number of hydrazine groups is 1. The predicted molar refractivity (Wildman–Crippen MR) is 79.1 cm³/mol. The quantitative estimate of drug-likeness (QED) is 0.665. The monoisotopic (exact) mass is 276 g/mol. The molecule has 0 spiro atoms. The molecule has 0 fully saturated rings. The van der Waals surface area contributed by atoms with Crippen LogP contribution < -0.4 is 11.3 Å². The Kier molecular flexibility index (Phi) is 4.02. The predicted octanol–water partition coefficient (Wildman–Crippen LogP) is 3.51. The van der Waals surface area contributed by atoms with Crippen molar-refractivity contribution in [3.8, 4) is 11.4 Å². The molecule has 4 nitrogen and oxygen atoms in total. The smallest absolute Gasteiger partial charge is 0.161 e. The van der Waals surface area contributed by atoms with E-state index in [0.717, 1.165) is 16.8 Å². The second-order valence-electron chi connectivity index (χ2n) is 4.76. The first-order valence-electron chi connectivity index (χ1n) is 6.13. The Hall–Kier alpha value is -1.65. The van der Waals surface area contributed by atoms with Crippen LogP contribution in [0, 0.1) is 6.92 Å². The molecular weight excluding hydrogens is 260 g/mol. The van der Waals surface area contributed by atoms with E-state index in [-0.39, 0.29) is 0 Å². The number of aromatic nitrogens is 2. The van der Waals surface area contributed by atoms with E-state index in [0.29, 0.717) is 22.6 Å². The number of nitrogens with two attached hydrogens (primary N) is 1. The third-order valence-corrected chi connectivity index (χ3v) is 3.32. The molecular formula is C14H17ClN4. The highest BCUT2D eigenvalue weighted by Crippen LogP contribution is 2.25. The molecule has 1 aromatic carbocycles. The Bertz CT molecular complexity index is 596. The van der Waals surface area contributed by atoms with Crippen molar-refractivity contribution < 1.29 is 0 Å². The zero-order valence-corrected chi connectivity index (χ0v) is 12.0. The molecule has 0 saturated carbocycles. The van der Waals surface area contributed by atoms with Gasteiger partial charge in [0, 0.05) is 22.3 Å². The molecule has 0 amide bonds. The van der Waals surface area contributed by atoms with Crippen molar-refractivity contribution in [3.63, 3.8) is 0 Å². The third kappa shape index (κ3) is 3.03. The standard InChI is InChI=1S/C14H17ClN4/c1-8(2)12-7-13(19-16)18-14(17-12)10-5-4-9(3)11(15)6-10/h4-8H,16H2,1-3H3,(H,17,18,19). The Morgan fingerprint density at radius 1 is 1.21 bits per heavy atom. The van der Waals surface area contributed by atoms with Crippen molar-refractivity contribution in [2.24, 2.45) is 5.84 Å². The molecule has 0 aliphatic heterocycles. The molecule has 0 unspecified atom stereocenters. The van der Waals surface area contributed by atoms with E-state index in [1.54, 1.807) is 0 Å². The second kappa shape index (κ2) is 5.55. The summed E-state index contributed by atoms with van der Waals surface area (Å²) in [5.41, 5.74) is 5.43. The number of rotatable bonds is 3. The summed E-state index contributed by atoms with van der Waals surface area (Å²) in [5.74, 6) is 6.98. The number of aryl methyl sites for hydroxylation is 1. The van der Waals surface area contributed by atoms with E-state index in [2.05, 4.69) is 29.2 Å². The largest absolute Gasteiger partial charge is 0.308 e. The minimum atomic E-state index is 0.301. The Balaban J connectivity index is 2.54. The third-order valence-electron chi connectivity index (χ3n) is 2.92. The molecule has 0 bridgehead atoms. The first-order chi connectivity index (χ1) is 9.01. The van der Waals surface area contributed by atoms with E-state index in [9.17, 15) is 0 Å². The van der Waals surface area contributed by atoms with Gasteiger partial charge in [-0.05, 0) is 24.5 Å². The van der Waals surface area contributed by atoms with E-state index < -0.39 is 0 Å². The van der Waals surface area contributed by atoms with Crippen molar-refractivity contribution in [2.75, 3.05) is 5.43 Å². The summed E-state index contributed by atoms with van der Waals surface area (Å²) in [6.45, 7) is 6.12. The topological polar surface area (TPSA) is 63.8 Å². The number of benzene rings is 1. The molecule has 0 atom stereocenters. The van der Waals surface area contributed by atoms with Crippen molar-refractivity contribution in [3.05, 3.63) is 40.5 Å². The number of nitrogens with zero attached hydrogens (tertiary/aromatic N) is 2. The highest BCUT2D eigenvalue weighted by molar-refractivity contribution is 6.31. The molecule has 2 rings (SSSR count). The van der Waals surface area contributed by atoms with Crippen LogP contribution in [0.25, 0.3) is 11.4 Å². The lowest BCUT2D eigenvalue weighted by Crippen LogP contribution is -2.11. The van der Waals surface area contributed by atoms with E-state index in [1.807, 2.05) is 31.2 Å². The number of halogens is 1. The zero-order valence-electron chi connectivity index (χ0n) is 11.2. The molecule has 0 aliphatic carbocycles. The van der Waals surface area contributed by atoms with Crippen molar-refractivity contribution in [2.45, 2.75) is 26.7 Å². The molecule has 100 valence electrons. The minimum absolute atomic E-state index is 0.301. The van der Waals surface area contributed by atoms with Gasteiger partial charge in [0.25, 0.3) is 0 Å². The SMILES string of the molecule is Cc1ccc(-c2nc(NN)cc(C(C)C)n2)cc1Cl. The van der Waals surface area contributed by atoms with Crippen LogP contribution in [0.5, 0.6) is 0 Å². The van der Waals surface area contributed by atoms with Gasteiger partial charge in [-0.15, -0.1) is 0 Å². The fourth-order valence-corrected chi connectivity index (χ4v) is 1.88. The summed E-state index contributed by atoms with van der Waals surface area (Å²) in [4.78, 5) is 8.93. The second-order valence-corrected chi connectivity index (χ2v) is 5.17. The summed E-state index contributed by atoms with van der Waals surface area (Å²) in [7, 11) is 0.